The summed E-state index contributed by atoms with van der Waals surface area (Å²) in [6.45, 7) is 1.92. The van der Waals surface area contributed by atoms with Crippen molar-refractivity contribution in [1.29, 1.82) is 0 Å². The third kappa shape index (κ3) is 1.67. The summed E-state index contributed by atoms with van der Waals surface area (Å²) in [5.41, 5.74) is 0.940. The molecule has 0 N–H and O–H groups in total. The highest BCUT2D eigenvalue weighted by Crippen LogP contribution is 2.09. The van der Waals surface area contributed by atoms with Gasteiger partial charge in [0.2, 0.25) is 0 Å². The van der Waals surface area contributed by atoms with E-state index in [2.05, 4.69) is 15.0 Å². The highest BCUT2D eigenvalue weighted by Gasteiger charge is 1.99. The average Bonchev–Trinajstić information content (AvgIpc) is 2.52. The molecule has 2 aromatic rings. The van der Waals surface area contributed by atoms with Crippen LogP contribution in [0.1, 0.15) is 5.69 Å². The Morgan fingerprint density at radius 3 is 2.77 bits per heavy atom. The topological polar surface area (TPSA) is 43.6 Å². The van der Waals surface area contributed by atoms with E-state index in [1.165, 1.54) is 6.33 Å². The van der Waals surface area contributed by atoms with Gasteiger partial charge in [-0.05, 0) is 6.92 Å². The predicted molar refractivity (Wildman–Crippen MR) is 48.9 cm³/mol. The van der Waals surface area contributed by atoms with Crippen LogP contribution >= 0.6 is 11.6 Å². The second kappa shape index (κ2) is 3.14. The maximum atomic E-state index is 5.72. The zero-order valence-electron chi connectivity index (χ0n) is 6.98. The molecule has 5 heteroatoms. The fraction of sp³-hybridized carbons (Fsp3) is 0.125. The Morgan fingerprint density at radius 2 is 2.15 bits per heavy atom. The van der Waals surface area contributed by atoms with E-state index in [0.717, 1.165) is 11.5 Å². The molecule has 13 heavy (non-hydrogen) atoms. The van der Waals surface area contributed by atoms with Crippen molar-refractivity contribution in [3.63, 3.8) is 0 Å². The van der Waals surface area contributed by atoms with Gasteiger partial charge in [0.25, 0.3) is 0 Å². The van der Waals surface area contributed by atoms with E-state index in [-0.39, 0.29) is 0 Å². The van der Waals surface area contributed by atoms with Gasteiger partial charge in [0.15, 0.2) is 0 Å². The van der Waals surface area contributed by atoms with E-state index < -0.39 is 0 Å². The number of aromatic nitrogens is 4. The van der Waals surface area contributed by atoms with E-state index >= 15 is 0 Å². The van der Waals surface area contributed by atoms with Crippen LogP contribution < -0.4 is 0 Å². The molecule has 2 rings (SSSR count). The first-order valence-electron chi connectivity index (χ1n) is 3.74. The van der Waals surface area contributed by atoms with Crippen molar-refractivity contribution in [2.24, 2.45) is 0 Å². The molecule has 0 bridgehead atoms. The van der Waals surface area contributed by atoms with Crippen LogP contribution in [0.3, 0.4) is 0 Å². The first-order chi connectivity index (χ1) is 6.25. The fourth-order valence-electron chi connectivity index (χ4n) is 1.01. The van der Waals surface area contributed by atoms with Crippen LogP contribution in [0.4, 0.5) is 0 Å². The van der Waals surface area contributed by atoms with Crippen molar-refractivity contribution in [3.05, 3.63) is 35.8 Å². The van der Waals surface area contributed by atoms with Crippen molar-refractivity contribution in [3.8, 4) is 5.82 Å². The standard InChI is InChI=1S/C8H7ClN4/c1-6-3-13(5-12-6)8-2-7(9)10-4-11-8/h2-5H,1H3. The predicted octanol–water partition coefficient (Wildman–Crippen LogP) is 1.62. The molecule has 0 radical (unpaired) electrons. The maximum absolute atomic E-state index is 5.72. The van der Waals surface area contributed by atoms with Gasteiger partial charge < -0.3 is 0 Å². The van der Waals surface area contributed by atoms with Crippen molar-refractivity contribution >= 4 is 11.6 Å². The Balaban J connectivity index is 2.46. The number of rotatable bonds is 1. The fourth-order valence-corrected chi connectivity index (χ4v) is 1.15. The summed E-state index contributed by atoms with van der Waals surface area (Å²) in [4.78, 5) is 11.9. The van der Waals surface area contributed by atoms with Gasteiger partial charge >= 0.3 is 0 Å². The highest BCUT2D eigenvalue weighted by molar-refractivity contribution is 6.29. The van der Waals surface area contributed by atoms with E-state index in [0.29, 0.717) is 5.15 Å². The summed E-state index contributed by atoms with van der Waals surface area (Å²) in [7, 11) is 0. The van der Waals surface area contributed by atoms with Crippen LogP contribution in [0.15, 0.2) is 24.9 Å². The first kappa shape index (κ1) is 8.19. The summed E-state index contributed by atoms with van der Waals surface area (Å²) >= 11 is 5.72. The van der Waals surface area contributed by atoms with Gasteiger partial charge in [-0.15, -0.1) is 0 Å². The zero-order chi connectivity index (χ0) is 9.26. The number of aryl methyl sites for hydroxylation is 1. The van der Waals surface area contributed by atoms with Crippen molar-refractivity contribution in [2.75, 3.05) is 0 Å². The molecule has 4 nitrogen and oxygen atoms in total. The third-order valence-corrected chi connectivity index (χ3v) is 1.80. The molecule has 0 atom stereocenters. The first-order valence-corrected chi connectivity index (χ1v) is 4.12. The van der Waals surface area contributed by atoms with Crippen LogP contribution in [0.25, 0.3) is 5.82 Å². The quantitative estimate of drug-likeness (QED) is 0.648. The molecule has 0 aromatic carbocycles. The molecule has 2 aromatic heterocycles. The Bertz CT molecular complexity index is 424. The third-order valence-electron chi connectivity index (χ3n) is 1.60. The Labute approximate surface area is 80.2 Å². The Morgan fingerprint density at radius 1 is 1.31 bits per heavy atom. The monoisotopic (exact) mass is 194 g/mol. The number of halogens is 1. The molecular formula is C8H7ClN4. The lowest BCUT2D eigenvalue weighted by atomic mass is 10.5. The van der Waals surface area contributed by atoms with E-state index in [1.807, 2.05) is 13.1 Å². The molecule has 0 aliphatic heterocycles. The highest BCUT2D eigenvalue weighted by atomic mass is 35.5. The molecule has 0 unspecified atom stereocenters. The smallest absolute Gasteiger partial charge is 0.142 e. The van der Waals surface area contributed by atoms with Gasteiger partial charge in [0, 0.05) is 12.3 Å². The molecule has 0 fully saturated rings. The molecule has 0 aliphatic rings. The SMILES string of the molecule is Cc1cn(-c2cc(Cl)ncn2)cn1. The summed E-state index contributed by atoms with van der Waals surface area (Å²) in [6.07, 6.45) is 4.99. The van der Waals surface area contributed by atoms with E-state index in [9.17, 15) is 0 Å². The Kier molecular flexibility index (Phi) is 1.98. The molecule has 66 valence electrons. The van der Waals surface area contributed by atoms with Gasteiger partial charge in [-0.1, -0.05) is 11.6 Å². The molecule has 0 amide bonds. The van der Waals surface area contributed by atoms with Crippen LogP contribution in [0, 0.1) is 6.92 Å². The van der Waals surface area contributed by atoms with Gasteiger partial charge in [0.05, 0.1) is 5.69 Å². The second-order valence-corrected chi connectivity index (χ2v) is 3.01. The van der Waals surface area contributed by atoms with Gasteiger partial charge in [-0.25, -0.2) is 15.0 Å². The van der Waals surface area contributed by atoms with Crippen molar-refractivity contribution < 1.29 is 0 Å². The molecular weight excluding hydrogens is 188 g/mol. The molecule has 0 spiro atoms. The largest absolute Gasteiger partial charge is 0.290 e. The lowest BCUT2D eigenvalue weighted by Crippen LogP contribution is -1.94. The molecule has 0 saturated carbocycles. The molecule has 0 aliphatic carbocycles. The summed E-state index contributed by atoms with van der Waals surface area (Å²) in [6, 6.07) is 1.68. The van der Waals surface area contributed by atoms with Crippen molar-refractivity contribution in [1.82, 2.24) is 19.5 Å². The number of hydrogen-bond donors (Lipinski definition) is 0. The summed E-state index contributed by atoms with van der Waals surface area (Å²) < 4.78 is 1.79. The maximum Gasteiger partial charge on any atom is 0.142 e. The average molecular weight is 195 g/mol. The van der Waals surface area contributed by atoms with Gasteiger partial charge in [-0.2, -0.15) is 0 Å². The zero-order valence-corrected chi connectivity index (χ0v) is 7.73. The Hall–Kier alpha value is -1.42. The van der Waals surface area contributed by atoms with Crippen LogP contribution in [-0.2, 0) is 0 Å². The number of imidazole rings is 1. The van der Waals surface area contributed by atoms with Gasteiger partial charge in [0.1, 0.15) is 23.6 Å². The number of hydrogen-bond acceptors (Lipinski definition) is 3. The van der Waals surface area contributed by atoms with Crippen LogP contribution in [0.5, 0.6) is 0 Å². The normalized spacial score (nSPS) is 10.3. The number of nitrogens with zero attached hydrogens (tertiary/aromatic N) is 4. The lowest BCUT2D eigenvalue weighted by molar-refractivity contribution is 0.970. The van der Waals surface area contributed by atoms with E-state index in [1.54, 1.807) is 17.0 Å². The summed E-state index contributed by atoms with van der Waals surface area (Å²) in [5.74, 6) is 0.723. The molecule has 0 saturated heterocycles. The minimum absolute atomic E-state index is 0.427. The minimum Gasteiger partial charge on any atom is -0.290 e. The van der Waals surface area contributed by atoms with Crippen molar-refractivity contribution in [2.45, 2.75) is 6.92 Å². The minimum atomic E-state index is 0.427. The summed E-state index contributed by atoms with van der Waals surface area (Å²) in [5, 5.41) is 0.427. The van der Waals surface area contributed by atoms with Crippen LogP contribution in [-0.4, -0.2) is 19.5 Å². The second-order valence-electron chi connectivity index (χ2n) is 2.62. The van der Waals surface area contributed by atoms with Gasteiger partial charge in [-0.3, -0.25) is 4.57 Å². The van der Waals surface area contributed by atoms with E-state index in [4.69, 9.17) is 11.6 Å². The molecule has 2 heterocycles. The lowest BCUT2D eigenvalue weighted by Gasteiger charge is -1.98. The van der Waals surface area contributed by atoms with Crippen LogP contribution in [0.2, 0.25) is 5.15 Å².